The Balaban J connectivity index is 1.69. The molecule has 0 radical (unpaired) electrons. The second kappa shape index (κ2) is 8.48. The Morgan fingerprint density at radius 2 is 1.67 bits per heavy atom. The van der Waals surface area contributed by atoms with Gasteiger partial charge in [-0.2, -0.15) is 5.10 Å². The van der Waals surface area contributed by atoms with Gasteiger partial charge in [0.15, 0.2) is 0 Å². The normalized spacial score (nSPS) is 11.0. The molecule has 0 aromatic heterocycles. The van der Waals surface area contributed by atoms with Crippen LogP contribution in [0.5, 0.6) is 0 Å². The summed E-state index contributed by atoms with van der Waals surface area (Å²) in [6, 6.07) is 19.9. The third-order valence-electron chi connectivity index (χ3n) is 2.92. The summed E-state index contributed by atoms with van der Waals surface area (Å²) < 4.78 is 0. The largest absolute Gasteiger partial charge is 0.273 e. The first-order chi connectivity index (χ1) is 10.3. The number of allylic oxidation sites excluding steroid dienone is 1. The number of carbonyl (C=O) groups is 1. The van der Waals surface area contributed by atoms with Gasteiger partial charge in [0.2, 0.25) is 5.91 Å². The summed E-state index contributed by atoms with van der Waals surface area (Å²) in [5.41, 5.74) is 4.77. The second-order valence-electron chi connectivity index (χ2n) is 4.57. The van der Waals surface area contributed by atoms with Gasteiger partial charge in [0.05, 0.1) is 0 Å². The third kappa shape index (κ3) is 5.87. The average Bonchev–Trinajstić information content (AvgIpc) is 2.54. The molecule has 0 spiro atoms. The quantitative estimate of drug-likeness (QED) is 0.638. The van der Waals surface area contributed by atoms with Crippen LogP contribution in [-0.2, 0) is 11.2 Å². The zero-order chi connectivity index (χ0) is 14.8. The molecule has 1 amide bonds. The lowest BCUT2D eigenvalue weighted by molar-refractivity contribution is -0.121. The third-order valence-corrected chi connectivity index (χ3v) is 2.92. The average molecular weight is 278 g/mol. The Hall–Kier alpha value is -2.68. The molecule has 0 saturated carbocycles. The van der Waals surface area contributed by atoms with Crippen molar-refractivity contribution >= 4 is 18.2 Å². The highest BCUT2D eigenvalue weighted by molar-refractivity contribution is 5.81. The van der Waals surface area contributed by atoms with Gasteiger partial charge in [-0.15, -0.1) is 0 Å². The Kier molecular flexibility index (Phi) is 5.95. The lowest BCUT2D eigenvalue weighted by Gasteiger charge is -1.99. The minimum Gasteiger partial charge on any atom is -0.273 e. The Labute approximate surface area is 125 Å². The molecule has 0 fully saturated rings. The van der Waals surface area contributed by atoms with Gasteiger partial charge in [-0.1, -0.05) is 66.7 Å². The maximum atomic E-state index is 11.6. The van der Waals surface area contributed by atoms with Crippen LogP contribution in [0.25, 0.3) is 6.08 Å². The number of nitrogens with zero attached hydrogens (tertiary/aromatic N) is 1. The van der Waals surface area contributed by atoms with E-state index in [0.717, 1.165) is 17.5 Å². The topological polar surface area (TPSA) is 41.5 Å². The molecule has 0 saturated heterocycles. The fourth-order valence-corrected chi connectivity index (χ4v) is 1.83. The van der Waals surface area contributed by atoms with E-state index in [4.69, 9.17) is 0 Å². The highest BCUT2D eigenvalue weighted by Crippen LogP contribution is 2.02. The van der Waals surface area contributed by atoms with E-state index in [-0.39, 0.29) is 5.91 Å². The number of hydrogen-bond acceptors (Lipinski definition) is 2. The molecule has 2 rings (SSSR count). The van der Waals surface area contributed by atoms with E-state index in [1.54, 1.807) is 12.3 Å². The molecule has 0 unspecified atom stereocenters. The molecule has 0 heterocycles. The minimum absolute atomic E-state index is 0.0804. The monoisotopic (exact) mass is 278 g/mol. The van der Waals surface area contributed by atoms with Gasteiger partial charge in [0.1, 0.15) is 0 Å². The van der Waals surface area contributed by atoms with Crippen LogP contribution in [0, 0.1) is 0 Å². The zero-order valence-electron chi connectivity index (χ0n) is 11.8. The summed E-state index contributed by atoms with van der Waals surface area (Å²) in [4.78, 5) is 11.6. The Bertz CT molecular complexity index is 604. The van der Waals surface area contributed by atoms with Gasteiger partial charge in [-0.3, -0.25) is 4.79 Å². The van der Waals surface area contributed by atoms with E-state index >= 15 is 0 Å². The lowest BCUT2D eigenvalue weighted by Crippen LogP contribution is -2.17. The van der Waals surface area contributed by atoms with Crippen molar-refractivity contribution in [2.45, 2.75) is 12.8 Å². The molecule has 106 valence electrons. The fraction of sp³-hybridized carbons (Fsp3) is 0.111. The smallest absolute Gasteiger partial charge is 0.240 e. The summed E-state index contributed by atoms with van der Waals surface area (Å²) in [6.45, 7) is 0. The van der Waals surface area contributed by atoms with Crippen LogP contribution < -0.4 is 5.43 Å². The summed E-state index contributed by atoms with van der Waals surface area (Å²) >= 11 is 0. The number of carbonyl (C=O) groups excluding carboxylic acids is 1. The summed E-state index contributed by atoms with van der Waals surface area (Å²) in [6.07, 6.45) is 6.46. The van der Waals surface area contributed by atoms with Crippen LogP contribution in [0.3, 0.4) is 0 Å². The molecule has 0 aliphatic rings. The van der Waals surface area contributed by atoms with Crippen LogP contribution in [0.4, 0.5) is 0 Å². The van der Waals surface area contributed by atoms with E-state index in [1.807, 2.05) is 66.7 Å². The number of nitrogens with one attached hydrogen (secondary N) is 1. The van der Waals surface area contributed by atoms with E-state index in [9.17, 15) is 4.79 Å². The van der Waals surface area contributed by atoms with Gasteiger partial charge in [0, 0.05) is 12.6 Å². The number of amides is 1. The minimum atomic E-state index is -0.0804. The molecular formula is C18H18N2O. The zero-order valence-corrected chi connectivity index (χ0v) is 11.8. The first-order valence-corrected chi connectivity index (χ1v) is 6.92. The first kappa shape index (κ1) is 14.7. The number of hydrogen-bond donors (Lipinski definition) is 1. The SMILES string of the molecule is O=C(CCc1ccccc1)NN=CC=Cc1ccccc1. The Morgan fingerprint density at radius 3 is 2.38 bits per heavy atom. The molecule has 21 heavy (non-hydrogen) atoms. The molecule has 3 nitrogen and oxygen atoms in total. The number of aryl methyl sites for hydroxylation is 1. The maximum absolute atomic E-state index is 11.6. The highest BCUT2D eigenvalue weighted by Gasteiger charge is 1.99. The van der Waals surface area contributed by atoms with Gasteiger partial charge in [-0.05, 0) is 23.6 Å². The molecule has 3 heteroatoms. The number of rotatable bonds is 6. The lowest BCUT2D eigenvalue weighted by atomic mass is 10.1. The number of benzene rings is 2. The van der Waals surface area contributed by atoms with Crippen LogP contribution >= 0.6 is 0 Å². The van der Waals surface area contributed by atoms with Crippen molar-refractivity contribution in [1.82, 2.24) is 5.43 Å². The van der Waals surface area contributed by atoms with E-state index in [1.165, 1.54) is 0 Å². The second-order valence-corrected chi connectivity index (χ2v) is 4.57. The van der Waals surface area contributed by atoms with Gasteiger partial charge < -0.3 is 0 Å². The van der Waals surface area contributed by atoms with E-state index in [2.05, 4.69) is 10.5 Å². The summed E-state index contributed by atoms with van der Waals surface area (Å²) in [5.74, 6) is -0.0804. The molecule has 0 bridgehead atoms. The van der Waals surface area contributed by atoms with Crippen molar-refractivity contribution in [3.8, 4) is 0 Å². The molecule has 2 aromatic rings. The predicted molar refractivity (Wildman–Crippen MR) is 86.9 cm³/mol. The number of hydrazone groups is 1. The Morgan fingerprint density at radius 1 is 1.00 bits per heavy atom. The standard InChI is InChI=1S/C18H18N2O/c21-18(14-13-17-10-5-2-6-11-17)20-19-15-7-12-16-8-3-1-4-9-16/h1-12,15H,13-14H2,(H,20,21). The summed E-state index contributed by atoms with van der Waals surface area (Å²) in [5, 5.41) is 3.89. The highest BCUT2D eigenvalue weighted by atomic mass is 16.2. The van der Waals surface area contributed by atoms with E-state index < -0.39 is 0 Å². The van der Waals surface area contributed by atoms with Crippen molar-refractivity contribution in [2.24, 2.45) is 5.10 Å². The predicted octanol–water partition coefficient (Wildman–Crippen LogP) is 3.43. The first-order valence-electron chi connectivity index (χ1n) is 6.92. The summed E-state index contributed by atoms with van der Waals surface area (Å²) in [7, 11) is 0. The van der Waals surface area contributed by atoms with Gasteiger partial charge in [0.25, 0.3) is 0 Å². The molecular weight excluding hydrogens is 260 g/mol. The molecule has 0 atom stereocenters. The molecule has 0 aliphatic carbocycles. The molecule has 0 aliphatic heterocycles. The molecule has 2 aromatic carbocycles. The van der Waals surface area contributed by atoms with Crippen molar-refractivity contribution in [2.75, 3.05) is 0 Å². The van der Waals surface area contributed by atoms with Crippen LogP contribution in [-0.4, -0.2) is 12.1 Å². The van der Waals surface area contributed by atoms with Crippen molar-refractivity contribution < 1.29 is 4.79 Å². The van der Waals surface area contributed by atoms with Crippen LogP contribution in [0.1, 0.15) is 17.5 Å². The van der Waals surface area contributed by atoms with Gasteiger partial charge >= 0.3 is 0 Å². The van der Waals surface area contributed by atoms with Crippen molar-refractivity contribution in [3.63, 3.8) is 0 Å². The fourth-order valence-electron chi connectivity index (χ4n) is 1.83. The van der Waals surface area contributed by atoms with Crippen LogP contribution in [0.15, 0.2) is 71.8 Å². The van der Waals surface area contributed by atoms with Crippen molar-refractivity contribution in [1.29, 1.82) is 0 Å². The maximum Gasteiger partial charge on any atom is 0.240 e. The van der Waals surface area contributed by atoms with Crippen molar-refractivity contribution in [3.05, 3.63) is 77.9 Å². The van der Waals surface area contributed by atoms with E-state index in [0.29, 0.717) is 6.42 Å². The van der Waals surface area contributed by atoms with Crippen LogP contribution in [0.2, 0.25) is 0 Å². The molecule has 1 N–H and O–H groups in total. The van der Waals surface area contributed by atoms with Gasteiger partial charge in [-0.25, -0.2) is 5.43 Å².